The Morgan fingerprint density at radius 3 is 1.81 bits per heavy atom. The van der Waals surface area contributed by atoms with Crippen LogP contribution >= 0.6 is 0 Å². The first-order chi connectivity index (χ1) is 13.1. The van der Waals surface area contributed by atoms with Crippen LogP contribution in [0.1, 0.15) is 89.5 Å². The Labute approximate surface area is 164 Å². The molecule has 0 unspecified atom stereocenters. The molecule has 1 aromatic carbocycles. The van der Waals surface area contributed by atoms with Gasteiger partial charge >= 0.3 is 0 Å². The Bertz CT molecular complexity index is 570. The van der Waals surface area contributed by atoms with Crippen LogP contribution in [0.15, 0.2) is 24.3 Å². The van der Waals surface area contributed by atoms with E-state index in [1.807, 2.05) is 6.08 Å². The van der Waals surface area contributed by atoms with Crippen molar-refractivity contribution < 1.29 is 8.78 Å². The standard InChI is InChI=1S/C25H36F2/c1-2-5-19-8-12-22(13-9-19)23-14-10-20(11-15-23)6-3-4-7-21-16-24(26)18-25(27)17-21/h4,7,16-20,22-23H,2-3,5-6,8-15H2,1H3. The molecule has 0 amide bonds. The molecule has 1 aromatic rings. The SMILES string of the molecule is CCCC1CCC(C2CCC(CCC=Cc3cc(F)cc(F)c3)CC2)CC1. The van der Waals surface area contributed by atoms with Crippen molar-refractivity contribution in [3.63, 3.8) is 0 Å². The monoisotopic (exact) mass is 374 g/mol. The summed E-state index contributed by atoms with van der Waals surface area (Å²) >= 11 is 0. The number of allylic oxidation sites excluding steroid dienone is 1. The Morgan fingerprint density at radius 2 is 1.30 bits per heavy atom. The van der Waals surface area contributed by atoms with Gasteiger partial charge in [-0.05, 0) is 79.9 Å². The largest absolute Gasteiger partial charge is 0.207 e. The highest BCUT2D eigenvalue weighted by atomic mass is 19.1. The third-order valence-corrected chi connectivity index (χ3v) is 7.08. The van der Waals surface area contributed by atoms with Gasteiger partial charge in [-0.1, -0.05) is 57.6 Å². The van der Waals surface area contributed by atoms with Crippen LogP contribution in [0.3, 0.4) is 0 Å². The fourth-order valence-corrected chi connectivity index (χ4v) is 5.53. The van der Waals surface area contributed by atoms with Crippen molar-refractivity contribution in [2.75, 3.05) is 0 Å². The molecule has 3 rings (SSSR count). The van der Waals surface area contributed by atoms with E-state index in [-0.39, 0.29) is 0 Å². The second-order valence-electron chi connectivity index (χ2n) is 9.03. The molecule has 0 atom stereocenters. The molecule has 0 heterocycles. The third kappa shape index (κ3) is 6.43. The van der Waals surface area contributed by atoms with E-state index in [1.165, 1.54) is 82.8 Å². The van der Waals surface area contributed by atoms with Crippen LogP contribution in [-0.4, -0.2) is 0 Å². The molecule has 0 saturated heterocycles. The molecular weight excluding hydrogens is 338 g/mol. The van der Waals surface area contributed by atoms with Gasteiger partial charge in [0, 0.05) is 6.07 Å². The zero-order chi connectivity index (χ0) is 19.1. The molecular formula is C25H36F2. The summed E-state index contributed by atoms with van der Waals surface area (Å²) in [5.74, 6) is 2.83. The van der Waals surface area contributed by atoms with Gasteiger partial charge in [0.15, 0.2) is 0 Å². The molecule has 0 spiro atoms. The van der Waals surface area contributed by atoms with Crippen LogP contribution in [0.25, 0.3) is 6.08 Å². The van der Waals surface area contributed by atoms with Crippen molar-refractivity contribution in [3.8, 4) is 0 Å². The van der Waals surface area contributed by atoms with Crippen LogP contribution in [0, 0.1) is 35.3 Å². The maximum absolute atomic E-state index is 13.2. The van der Waals surface area contributed by atoms with Gasteiger partial charge in [-0.2, -0.15) is 0 Å². The molecule has 0 bridgehead atoms. The maximum atomic E-state index is 13.2. The number of halogens is 2. The van der Waals surface area contributed by atoms with E-state index in [9.17, 15) is 8.78 Å². The summed E-state index contributed by atoms with van der Waals surface area (Å²) in [6, 6.07) is 3.70. The first kappa shape index (κ1) is 20.6. The van der Waals surface area contributed by atoms with Gasteiger partial charge in [0.05, 0.1) is 0 Å². The summed E-state index contributed by atoms with van der Waals surface area (Å²) in [5.41, 5.74) is 0.620. The number of rotatable bonds is 7. The van der Waals surface area contributed by atoms with Crippen molar-refractivity contribution in [2.24, 2.45) is 23.7 Å². The Morgan fingerprint density at radius 1 is 0.778 bits per heavy atom. The summed E-state index contributed by atoms with van der Waals surface area (Å²) in [5, 5.41) is 0. The molecule has 2 aliphatic carbocycles. The molecule has 0 radical (unpaired) electrons. The van der Waals surface area contributed by atoms with E-state index in [4.69, 9.17) is 0 Å². The normalized spacial score (nSPS) is 29.3. The lowest BCUT2D eigenvalue weighted by molar-refractivity contribution is 0.141. The third-order valence-electron chi connectivity index (χ3n) is 7.08. The van der Waals surface area contributed by atoms with Gasteiger partial charge in [0.2, 0.25) is 0 Å². The summed E-state index contributed by atoms with van der Waals surface area (Å²) < 4.78 is 26.4. The quantitative estimate of drug-likeness (QED) is 0.451. The first-order valence-corrected chi connectivity index (χ1v) is 11.3. The lowest BCUT2D eigenvalue weighted by Crippen LogP contribution is -2.25. The van der Waals surface area contributed by atoms with E-state index < -0.39 is 11.6 Å². The molecule has 27 heavy (non-hydrogen) atoms. The van der Waals surface area contributed by atoms with Crippen molar-refractivity contribution in [3.05, 3.63) is 41.5 Å². The van der Waals surface area contributed by atoms with Crippen molar-refractivity contribution in [1.82, 2.24) is 0 Å². The van der Waals surface area contributed by atoms with Crippen LogP contribution in [0.2, 0.25) is 0 Å². The topological polar surface area (TPSA) is 0 Å². The summed E-state index contributed by atoms with van der Waals surface area (Å²) in [6.45, 7) is 2.32. The molecule has 0 aliphatic heterocycles. The zero-order valence-corrected chi connectivity index (χ0v) is 16.9. The second-order valence-corrected chi connectivity index (χ2v) is 9.03. The highest BCUT2D eigenvalue weighted by Gasteiger charge is 2.30. The molecule has 0 aromatic heterocycles. The van der Waals surface area contributed by atoms with Crippen molar-refractivity contribution >= 4 is 6.08 Å². The summed E-state index contributed by atoms with van der Waals surface area (Å²) in [7, 11) is 0. The minimum absolute atomic E-state index is 0.503. The van der Waals surface area contributed by atoms with Gasteiger partial charge < -0.3 is 0 Å². The molecule has 2 aliphatic rings. The van der Waals surface area contributed by atoms with Gasteiger partial charge in [-0.3, -0.25) is 0 Å². The van der Waals surface area contributed by atoms with Crippen molar-refractivity contribution in [1.29, 1.82) is 0 Å². The lowest BCUT2D eigenvalue weighted by atomic mass is 9.68. The molecule has 2 fully saturated rings. The molecule has 2 heteroatoms. The smallest absolute Gasteiger partial charge is 0.126 e. The zero-order valence-electron chi connectivity index (χ0n) is 16.9. The van der Waals surface area contributed by atoms with Crippen LogP contribution in [-0.2, 0) is 0 Å². The average Bonchev–Trinajstić information content (AvgIpc) is 2.66. The first-order valence-electron chi connectivity index (χ1n) is 11.3. The minimum Gasteiger partial charge on any atom is -0.207 e. The second kappa shape index (κ2) is 10.4. The van der Waals surface area contributed by atoms with E-state index in [1.54, 1.807) is 0 Å². The van der Waals surface area contributed by atoms with E-state index in [0.29, 0.717) is 5.56 Å². The molecule has 0 nitrogen and oxygen atoms in total. The molecule has 2 saturated carbocycles. The van der Waals surface area contributed by atoms with Crippen LogP contribution in [0.5, 0.6) is 0 Å². The van der Waals surface area contributed by atoms with Crippen LogP contribution < -0.4 is 0 Å². The highest BCUT2D eigenvalue weighted by molar-refractivity contribution is 5.49. The maximum Gasteiger partial charge on any atom is 0.126 e. The fraction of sp³-hybridized carbons (Fsp3) is 0.680. The van der Waals surface area contributed by atoms with Gasteiger partial charge in [0.25, 0.3) is 0 Å². The fourth-order valence-electron chi connectivity index (χ4n) is 5.53. The van der Waals surface area contributed by atoms with Gasteiger partial charge in [0.1, 0.15) is 11.6 Å². The molecule has 150 valence electrons. The predicted molar refractivity (Wildman–Crippen MR) is 110 cm³/mol. The highest BCUT2D eigenvalue weighted by Crippen LogP contribution is 2.42. The summed E-state index contributed by atoms with van der Waals surface area (Å²) in [6.07, 6.45) is 20.5. The van der Waals surface area contributed by atoms with Crippen LogP contribution in [0.4, 0.5) is 8.78 Å². The van der Waals surface area contributed by atoms with E-state index in [0.717, 1.165) is 36.2 Å². The Kier molecular flexibility index (Phi) is 7.91. The number of hydrogen-bond acceptors (Lipinski definition) is 0. The lowest BCUT2D eigenvalue weighted by Gasteiger charge is -2.38. The summed E-state index contributed by atoms with van der Waals surface area (Å²) in [4.78, 5) is 0. The van der Waals surface area contributed by atoms with E-state index in [2.05, 4.69) is 13.0 Å². The van der Waals surface area contributed by atoms with Gasteiger partial charge in [-0.25, -0.2) is 8.78 Å². The number of hydrogen-bond donors (Lipinski definition) is 0. The Hall–Kier alpha value is -1.18. The van der Waals surface area contributed by atoms with Crippen molar-refractivity contribution in [2.45, 2.75) is 84.0 Å². The number of benzene rings is 1. The molecule has 0 N–H and O–H groups in total. The van der Waals surface area contributed by atoms with Gasteiger partial charge in [-0.15, -0.1) is 0 Å². The average molecular weight is 375 g/mol. The predicted octanol–water partition coefficient (Wildman–Crippen LogP) is 8.17. The Balaban J connectivity index is 1.34. The minimum atomic E-state index is -0.503. The van der Waals surface area contributed by atoms with E-state index >= 15 is 0 Å².